The molecule has 3 rings (SSSR count). The third-order valence-corrected chi connectivity index (χ3v) is 4.82. The first-order valence-corrected chi connectivity index (χ1v) is 9.25. The lowest BCUT2D eigenvalue weighted by Crippen LogP contribution is -2.52. The Bertz CT molecular complexity index is 645. The summed E-state index contributed by atoms with van der Waals surface area (Å²) in [4.78, 5) is 27.2. The Morgan fingerprint density at radius 1 is 1.12 bits per heavy atom. The van der Waals surface area contributed by atoms with Crippen molar-refractivity contribution in [2.75, 3.05) is 4.90 Å². The Hall–Kier alpha value is -2.04. The van der Waals surface area contributed by atoms with Crippen LogP contribution in [0.25, 0.3) is 0 Å². The summed E-state index contributed by atoms with van der Waals surface area (Å²) in [6, 6.07) is 7.37. The highest BCUT2D eigenvalue weighted by atomic mass is 16.6. The van der Waals surface area contributed by atoms with Crippen molar-refractivity contribution in [2.24, 2.45) is 0 Å². The van der Waals surface area contributed by atoms with Crippen molar-refractivity contribution in [1.29, 1.82) is 0 Å². The SMILES string of the molecule is CC(C)(C)OC(=O)N1c2ccccc2C[C@H]1C(=O)NC1CCCCC1. The molecular weight excluding hydrogens is 316 g/mol. The predicted octanol–water partition coefficient (Wildman–Crippen LogP) is 3.80. The summed E-state index contributed by atoms with van der Waals surface area (Å²) >= 11 is 0. The average Bonchev–Trinajstić information content (AvgIpc) is 2.94. The van der Waals surface area contributed by atoms with Crippen LogP contribution in [0.15, 0.2) is 24.3 Å². The molecule has 5 nitrogen and oxygen atoms in total. The molecule has 136 valence electrons. The lowest BCUT2D eigenvalue weighted by Gasteiger charge is -2.30. The molecule has 1 aromatic carbocycles. The van der Waals surface area contributed by atoms with Gasteiger partial charge in [-0.25, -0.2) is 4.79 Å². The van der Waals surface area contributed by atoms with Crippen LogP contribution in [0.4, 0.5) is 10.5 Å². The van der Waals surface area contributed by atoms with E-state index in [1.54, 1.807) is 0 Å². The summed E-state index contributed by atoms with van der Waals surface area (Å²) in [5.74, 6) is -0.0750. The van der Waals surface area contributed by atoms with Crippen LogP contribution in [0.5, 0.6) is 0 Å². The van der Waals surface area contributed by atoms with E-state index in [2.05, 4.69) is 5.32 Å². The van der Waals surface area contributed by atoms with Crippen molar-refractivity contribution in [3.05, 3.63) is 29.8 Å². The molecule has 5 heteroatoms. The number of anilines is 1. The van der Waals surface area contributed by atoms with Gasteiger partial charge in [-0.2, -0.15) is 0 Å². The lowest BCUT2D eigenvalue weighted by molar-refractivity contribution is -0.123. The molecule has 1 N–H and O–H groups in total. The fourth-order valence-corrected chi connectivity index (χ4v) is 3.68. The molecule has 1 aliphatic carbocycles. The molecule has 0 radical (unpaired) electrons. The van der Waals surface area contributed by atoms with Gasteiger partial charge in [0.05, 0.1) is 5.69 Å². The standard InChI is InChI=1S/C20H28N2O3/c1-20(2,3)25-19(24)22-16-12-8-7-9-14(16)13-17(22)18(23)21-15-10-5-4-6-11-15/h7-9,12,15,17H,4-6,10-11,13H2,1-3H3,(H,21,23)/t17-/m0/s1. The van der Waals surface area contributed by atoms with Crippen LogP contribution in [0.1, 0.15) is 58.4 Å². The largest absolute Gasteiger partial charge is 0.443 e. The van der Waals surface area contributed by atoms with E-state index in [-0.39, 0.29) is 11.9 Å². The molecule has 1 fully saturated rings. The Labute approximate surface area is 149 Å². The van der Waals surface area contributed by atoms with E-state index < -0.39 is 17.7 Å². The van der Waals surface area contributed by atoms with Gasteiger partial charge in [0.15, 0.2) is 0 Å². The molecule has 1 heterocycles. The fourth-order valence-electron chi connectivity index (χ4n) is 3.68. The van der Waals surface area contributed by atoms with E-state index in [9.17, 15) is 9.59 Å². The molecule has 1 aromatic rings. The zero-order valence-corrected chi connectivity index (χ0v) is 15.4. The van der Waals surface area contributed by atoms with Gasteiger partial charge in [-0.15, -0.1) is 0 Å². The molecular formula is C20H28N2O3. The highest BCUT2D eigenvalue weighted by molar-refractivity contribution is 6.00. The maximum absolute atomic E-state index is 12.9. The van der Waals surface area contributed by atoms with Crippen LogP contribution in [-0.4, -0.2) is 29.7 Å². The molecule has 1 saturated carbocycles. The summed E-state index contributed by atoms with van der Waals surface area (Å²) in [6.07, 6.45) is 5.69. The van der Waals surface area contributed by atoms with Crippen molar-refractivity contribution in [2.45, 2.75) is 77.0 Å². The molecule has 0 aromatic heterocycles. The van der Waals surface area contributed by atoms with Crippen molar-refractivity contribution in [3.63, 3.8) is 0 Å². The molecule has 2 aliphatic rings. The van der Waals surface area contributed by atoms with Crippen LogP contribution in [0.2, 0.25) is 0 Å². The second kappa shape index (κ2) is 7.06. The second-order valence-electron chi connectivity index (χ2n) is 8.04. The Balaban J connectivity index is 1.79. The van der Waals surface area contributed by atoms with E-state index in [4.69, 9.17) is 4.74 Å². The highest BCUT2D eigenvalue weighted by Crippen LogP contribution is 2.33. The number of carbonyl (C=O) groups excluding carboxylic acids is 2. The highest BCUT2D eigenvalue weighted by Gasteiger charge is 2.40. The number of amides is 2. The lowest BCUT2D eigenvalue weighted by atomic mass is 9.95. The van der Waals surface area contributed by atoms with Gasteiger partial charge in [0, 0.05) is 12.5 Å². The molecule has 1 aliphatic heterocycles. The zero-order chi connectivity index (χ0) is 18.0. The van der Waals surface area contributed by atoms with E-state index in [1.807, 2.05) is 45.0 Å². The molecule has 0 unspecified atom stereocenters. The number of hydrogen-bond donors (Lipinski definition) is 1. The van der Waals surface area contributed by atoms with E-state index in [1.165, 1.54) is 11.3 Å². The topological polar surface area (TPSA) is 58.6 Å². The third-order valence-electron chi connectivity index (χ3n) is 4.82. The minimum Gasteiger partial charge on any atom is -0.443 e. The number of nitrogens with one attached hydrogen (secondary N) is 1. The molecule has 0 bridgehead atoms. The van der Waals surface area contributed by atoms with Crippen LogP contribution in [0, 0.1) is 0 Å². The zero-order valence-electron chi connectivity index (χ0n) is 15.4. The van der Waals surface area contributed by atoms with Gasteiger partial charge < -0.3 is 10.1 Å². The van der Waals surface area contributed by atoms with Crippen molar-refractivity contribution >= 4 is 17.7 Å². The number of hydrogen-bond acceptors (Lipinski definition) is 3. The van der Waals surface area contributed by atoms with E-state index in [0.29, 0.717) is 6.42 Å². The predicted molar refractivity (Wildman–Crippen MR) is 97.7 cm³/mol. The van der Waals surface area contributed by atoms with Crippen molar-refractivity contribution in [3.8, 4) is 0 Å². The van der Waals surface area contributed by atoms with Crippen molar-refractivity contribution in [1.82, 2.24) is 5.32 Å². The third kappa shape index (κ3) is 4.14. The first kappa shape index (κ1) is 17.8. The molecule has 2 amide bonds. The van der Waals surface area contributed by atoms with E-state index >= 15 is 0 Å². The number of ether oxygens (including phenoxy) is 1. The maximum atomic E-state index is 12.9. The number of carbonyl (C=O) groups is 2. The van der Waals surface area contributed by atoms with Crippen LogP contribution < -0.4 is 10.2 Å². The quantitative estimate of drug-likeness (QED) is 0.888. The van der Waals surface area contributed by atoms with E-state index in [0.717, 1.165) is 36.9 Å². The van der Waals surface area contributed by atoms with Crippen LogP contribution >= 0.6 is 0 Å². The van der Waals surface area contributed by atoms with Gasteiger partial charge in [0.1, 0.15) is 11.6 Å². The van der Waals surface area contributed by atoms with Crippen LogP contribution in [0.3, 0.4) is 0 Å². The summed E-state index contributed by atoms with van der Waals surface area (Å²) in [6.45, 7) is 5.51. The number of nitrogens with zero attached hydrogens (tertiary/aromatic N) is 1. The summed E-state index contributed by atoms with van der Waals surface area (Å²) in [5.41, 5.74) is 1.19. The van der Waals surface area contributed by atoms with Crippen LogP contribution in [-0.2, 0) is 16.0 Å². The normalized spacial score (nSPS) is 20.9. The van der Waals surface area contributed by atoms with Gasteiger partial charge in [0.2, 0.25) is 5.91 Å². The first-order chi connectivity index (χ1) is 11.8. The van der Waals surface area contributed by atoms with Gasteiger partial charge >= 0.3 is 6.09 Å². The Kier molecular flexibility index (Phi) is 5.02. The molecule has 0 saturated heterocycles. The fraction of sp³-hybridized carbons (Fsp3) is 0.600. The number of rotatable bonds is 2. The summed E-state index contributed by atoms with van der Waals surface area (Å²) < 4.78 is 5.56. The monoisotopic (exact) mass is 344 g/mol. The number of benzene rings is 1. The van der Waals surface area contributed by atoms with Crippen molar-refractivity contribution < 1.29 is 14.3 Å². The Morgan fingerprint density at radius 2 is 1.80 bits per heavy atom. The maximum Gasteiger partial charge on any atom is 0.415 e. The molecule has 0 spiro atoms. The molecule has 25 heavy (non-hydrogen) atoms. The van der Waals surface area contributed by atoms with Gasteiger partial charge in [0.25, 0.3) is 0 Å². The van der Waals surface area contributed by atoms with Gasteiger partial charge in [-0.05, 0) is 45.2 Å². The summed E-state index contributed by atoms with van der Waals surface area (Å²) in [7, 11) is 0. The number of fused-ring (bicyclic) bond motifs is 1. The van der Waals surface area contributed by atoms with Gasteiger partial charge in [-0.3, -0.25) is 9.69 Å². The Morgan fingerprint density at radius 3 is 2.48 bits per heavy atom. The summed E-state index contributed by atoms with van der Waals surface area (Å²) in [5, 5.41) is 3.15. The minimum atomic E-state index is -0.598. The minimum absolute atomic E-state index is 0.0750. The van der Waals surface area contributed by atoms with Gasteiger partial charge in [-0.1, -0.05) is 37.5 Å². The number of para-hydroxylation sites is 1. The first-order valence-electron chi connectivity index (χ1n) is 9.25. The average molecular weight is 344 g/mol. The molecule has 1 atom stereocenters. The second-order valence-corrected chi connectivity index (χ2v) is 8.04. The smallest absolute Gasteiger partial charge is 0.415 e.